The first kappa shape index (κ1) is 8.96. The summed E-state index contributed by atoms with van der Waals surface area (Å²) < 4.78 is 4.42. The quantitative estimate of drug-likeness (QED) is 0.553. The Bertz CT molecular complexity index is 148. The SMILES string of the molecule is COC(=O)C[C@@H](C)CC#N. The molecule has 3 heteroatoms. The molecule has 0 aliphatic carbocycles. The Balaban J connectivity index is 3.49. The third kappa shape index (κ3) is 3.90. The molecule has 0 amide bonds. The van der Waals surface area contributed by atoms with E-state index in [1.54, 1.807) is 0 Å². The van der Waals surface area contributed by atoms with Crippen LogP contribution in [0, 0.1) is 17.2 Å². The minimum atomic E-state index is -0.247. The van der Waals surface area contributed by atoms with Crippen LogP contribution in [0.1, 0.15) is 19.8 Å². The fraction of sp³-hybridized carbons (Fsp3) is 0.714. The van der Waals surface area contributed by atoms with Crippen molar-refractivity contribution in [2.24, 2.45) is 5.92 Å². The van der Waals surface area contributed by atoms with Gasteiger partial charge in [-0.25, -0.2) is 0 Å². The zero-order valence-corrected chi connectivity index (χ0v) is 6.26. The summed E-state index contributed by atoms with van der Waals surface area (Å²) in [5.41, 5.74) is 0. The van der Waals surface area contributed by atoms with Gasteiger partial charge >= 0.3 is 5.97 Å². The number of carbonyl (C=O) groups is 1. The lowest BCUT2D eigenvalue weighted by molar-refractivity contribution is -0.141. The summed E-state index contributed by atoms with van der Waals surface area (Å²) in [5.74, 6) is -0.139. The van der Waals surface area contributed by atoms with Crippen molar-refractivity contribution in [2.45, 2.75) is 19.8 Å². The highest BCUT2D eigenvalue weighted by Gasteiger charge is 2.07. The standard InChI is InChI=1S/C7H11NO2/c1-6(3-4-8)5-7(9)10-2/h6H,3,5H2,1-2H3/t6-/m0/s1. The van der Waals surface area contributed by atoms with Crippen LogP contribution >= 0.6 is 0 Å². The summed E-state index contributed by atoms with van der Waals surface area (Å²) >= 11 is 0. The zero-order valence-electron chi connectivity index (χ0n) is 6.26. The van der Waals surface area contributed by atoms with Crippen molar-refractivity contribution < 1.29 is 9.53 Å². The Morgan fingerprint density at radius 1 is 1.80 bits per heavy atom. The van der Waals surface area contributed by atoms with Crippen LogP contribution in [0.3, 0.4) is 0 Å². The predicted octanol–water partition coefficient (Wildman–Crippen LogP) is 1.10. The highest BCUT2D eigenvalue weighted by atomic mass is 16.5. The van der Waals surface area contributed by atoms with Crippen molar-refractivity contribution in [3.05, 3.63) is 0 Å². The van der Waals surface area contributed by atoms with Crippen LogP contribution in [0.5, 0.6) is 0 Å². The number of nitriles is 1. The molecule has 0 saturated carbocycles. The molecular weight excluding hydrogens is 130 g/mol. The van der Waals surface area contributed by atoms with Crippen LogP contribution in [0.25, 0.3) is 0 Å². The second-order valence-electron chi connectivity index (χ2n) is 2.25. The maximum absolute atomic E-state index is 10.6. The van der Waals surface area contributed by atoms with Gasteiger partial charge in [-0.05, 0) is 5.92 Å². The number of hydrogen-bond donors (Lipinski definition) is 0. The Morgan fingerprint density at radius 2 is 2.40 bits per heavy atom. The Morgan fingerprint density at radius 3 is 2.80 bits per heavy atom. The minimum Gasteiger partial charge on any atom is -0.469 e. The van der Waals surface area contributed by atoms with Crippen molar-refractivity contribution in [1.82, 2.24) is 0 Å². The van der Waals surface area contributed by atoms with Crippen molar-refractivity contribution in [3.8, 4) is 6.07 Å². The average molecular weight is 141 g/mol. The zero-order chi connectivity index (χ0) is 7.98. The van der Waals surface area contributed by atoms with Crippen LogP contribution < -0.4 is 0 Å². The molecule has 0 aromatic rings. The normalized spacial score (nSPS) is 11.7. The highest BCUT2D eigenvalue weighted by molar-refractivity contribution is 5.69. The summed E-state index contributed by atoms with van der Waals surface area (Å²) in [6, 6.07) is 1.99. The molecule has 0 aromatic carbocycles. The van der Waals surface area contributed by atoms with E-state index in [-0.39, 0.29) is 11.9 Å². The molecule has 10 heavy (non-hydrogen) atoms. The van der Waals surface area contributed by atoms with Crippen LogP contribution in [-0.4, -0.2) is 13.1 Å². The molecule has 0 N–H and O–H groups in total. The van der Waals surface area contributed by atoms with E-state index < -0.39 is 0 Å². The summed E-state index contributed by atoms with van der Waals surface area (Å²) in [4.78, 5) is 10.6. The number of ether oxygens (including phenoxy) is 1. The van der Waals surface area contributed by atoms with Gasteiger partial charge in [-0.15, -0.1) is 0 Å². The molecule has 56 valence electrons. The first-order valence-electron chi connectivity index (χ1n) is 3.14. The van der Waals surface area contributed by atoms with Gasteiger partial charge in [-0.1, -0.05) is 6.92 Å². The van der Waals surface area contributed by atoms with Gasteiger partial charge in [0.25, 0.3) is 0 Å². The lowest BCUT2D eigenvalue weighted by atomic mass is 10.1. The number of esters is 1. The van der Waals surface area contributed by atoms with E-state index in [4.69, 9.17) is 5.26 Å². The molecule has 0 radical (unpaired) electrons. The third-order valence-electron chi connectivity index (χ3n) is 1.18. The largest absolute Gasteiger partial charge is 0.469 e. The van der Waals surface area contributed by atoms with Crippen LogP contribution in [0.2, 0.25) is 0 Å². The van der Waals surface area contributed by atoms with E-state index in [0.29, 0.717) is 12.8 Å². The molecule has 0 saturated heterocycles. The van der Waals surface area contributed by atoms with Gasteiger partial charge in [0, 0.05) is 12.8 Å². The van der Waals surface area contributed by atoms with Crippen LogP contribution in [-0.2, 0) is 9.53 Å². The van der Waals surface area contributed by atoms with Gasteiger partial charge in [0.15, 0.2) is 0 Å². The van der Waals surface area contributed by atoms with E-state index in [2.05, 4.69) is 4.74 Å². The lowest BCUT2D eigenvalue weighted by Gasteiger charge is -2.02. The molecule has 0 heterocycles. The molecule has 0 rings (SSSR count). The van der Waals surface area contributed by atoms with Gasteiger partial charge in [0.1, 0.15) is 0 Å². The number of rotatable bonds is 3. The summed E-state index contributed by atoms with van der Waals surface area (Å²) in [5, 5.41) is 8.22. The molecule has 0 aliphatic heterocycles. The number of carbonyl (C=O) groups excluding carboxylic acids is 1. The second kappa shape index (κ2) is 4.80. The molecule has 0 fully saturated rings. The first-order chi connectivity index (χ1) is 4.70. The molecule has 1 atom stereocenters. The van der Waals surface area contributed by atoms with Gasteiger partial charge in [0.05, 0.1) is 13.2 Å². The summed E-state index contributed by atoms with van der Waals surface area (Å²) in [6.45, 7) is 1.85. The molecule has 0 aliphatic rings. The van der Waals surface area contributed by atoms with E-state index in [0.717, 1.165) is 0 Å². The van der Waals surface area contributed by atoms with E-state index in [1.807, 2.05) is 13.0 Å². The van der Waals surface area contributed by atoms with Gasteiger partial charge in [-0.3, -0.25) is 4.79 Å². The lowest BCUT2D eigenvalue weighted by Crippen LogP contribution is -2.06. The first-order valence-corrected chi connectivity index (χ1v) is 3.14. The smallest absolute Gasteiger partial charge is 0.305 e. The number of methoxy groups -OCH3 is 1. The summed E-state index contributed by atoms with van der Waals surface area (Å²) in [7, 11) is 1.35. The Labute approximate surface area is 60.6 Å². The second-order valence-corrected chi connectivity index (χ2v) is 2.25. The molecule has 0 aromatic heterocycles. The topological polar surface area (TPSA) is 50.1 Å². The summed E-state index contributed by atoms with van der Waals surface area (Å²) in [6.07, 6.45) is 0.749. The predicted molar refractivity (Wildman–Crippen MR) is 36.0 cm³/mol. The van der Waals surface area contributed by atoms with Crippen molar-refractivity contribution in [1.29, 1.82) is 5.26 Å². The Hall–Kier alpha value is -1.04. The molecule has 0 spiro atoms. The average Bonchev–Trinajstić information content (AvgIpc) is 1.88. The maximum atomic E-state index is 10.6. The van der Waals surface area contributed by atoms with Gasteiger partial charge in [-0.2, -0.15) is 5.26 Å². The van der Waals surface area contributed by atoms with Crippen molar-refractivity contribution in [2.75, 3.05) is 7.11 Å². The third-order valence-corrected chi connectivity index (χ3v) is 1.18. The van der Waals surface area contributed by atoms with Gasteiger partial charge < -0.3 is 4.74 Å². The fourth-order valence-corrected chi connectivity index (χ4v) is 0.596. The van der Waals surface area contributed by atoms with Gasteiger partial charge in [0.2, 0.25) is 0 Å². The maximum Gasteiger partial charge on any atom is 0.305 e. The van der Waals surface area contributed by atoms with E-state index in [9.17, 15) is 4.79 Å². The Kier molecular flexibility index (Phi) is 4.30. The highest BCUT2D eigenvalue weighted by Crippen LogP contribution is 2.06. The number of nitrogens with zero attached hydrogens (tertiary/aromatic N) is 1. The van der Waals surface area contributed by atoms with Crippen molar-refractivity contribution in [3.63, 3.8) is 0 Å². The molecule has 0 unspecified atom stereocenters. The van der Waals surface area contributed by atoms with Crippen molar-refractivity contribution >= 4 is 5.97 Å². The van der Waals surface area contributed by atoms with E-state index in [1.165, 1.54) is 7.11 Å². The molecular formula is C7H11NO2. The van der Waals surface area contributed by atoms with E-state index >= 15 is 0 Å². The number of hydrogen-bond acceptors (Lipinski definition) is 3. The monoisotopic (exact) mass is 141 g/mol. The fourth-order valence-electron chi connectivity index (χ4n) is 0.596. The molecule has 3 nitrogen and oxygen atoms in total. The minimum absolute atomic E-state index is 0.109. The van der Waals surface area contributed by atoms with Crippen LogP contribution in [0.4, 0.5) is 0 Å². The molecule has 0 bridgehead atoms. The van der Waals surface area contributed by atoms with Crippen LogP contribution in [0.15, 0.2) is 0 Å².